The van der Waals surface area contributed by atoms with Gasteiger partial charge in [-0.15, -0.1) is 0 Å². The summed E-state index contributed by atoms with van der Waals surface area (Å²) in [6.07, 6.45) is 1.22. The van der Waals surface area contributed by atoms with Crippen LogP contribution in [-0.4, -0.2) is 37.0 Å². The molecule has 0 aliphatic rings. The molecule has 0 amide bonds. The fraction of sp³-hybridized carbons (Fsp3) is 0.294. The molecule has 0 saturated carbocycles. The number of rotatable bonds is 6. The summed E-state index contributed by atoms with van der Waals surface area (Å²) in [5.41, 5.74) is -0.420. The number of aliphatic hydroxyl groups excluding tert-OH is 2. The van der Waals surface area contributed by atoms with Gasteiger partial charge in [-0.25, -0.2) is 9.36 Å². The van der Waals surface area contributed by atoms with Crippen LogP contribution in [0.15, 0.2) is 38.4 Å². The molecule has 0 unspecified atom stereocenters. The normalized spacial score (nSPS) is 10.5. The van der Waals surface area contributed by atoms with E-state index in [0.717, 1.165) is 17.2 Å². The summed E-state index contributed by atoms with van der Waals surface area (Å²) in [5.74, 6) is 0.564. The summed E-state index contributed by atoms with van der Waals surface area (Å²) in [6, 6.07) is 7.42. The molecular formula is C17H18Cl2N4O5. The van der Waals surface area contributed by atoms with Gasteiger partial charge in [0, 0.05) is 18.6 Å². The van der Waals surface area contributed by atoms with Crippen molar-refractivity contribution in [1.82, 2.24) is 19.7 Å². The van der Waals surface area contributed by atoms with Crippen LogP contribution in [0.5, 0.6) is 0 Å². The molecule has 0 fully saturated rings. The number of hydrogen-bond acceptors (Lipinski definition) is 7. The minimum absolute atomic E-state index is 0.0351. The van der Waals surface area contributed by atoms with Gasteiger partial charge < -0.3 is 19.7 Å². The number of hydrogen-bond donors (Lipinski definition) is 3. The molecule has 11 heteroatoms. The number of aromatic nitrogens is 4. The molecule has 2 aromatic heterocycles. The summed E-state index contributed by atoms with van der Waals surface area (Å²) >= 11 is 11.7. The van der Waals surface area contributed by atoms with Crippen LogP contribution in [0.25, 0.3) is 0 Å². The van der Waals surface area contributed by atoms with E-state index >= 15 is 0 Å². The Balaban J connectivity index is 0.00000136. The Morgan fingerprint density at radius 2 is 1.82 bits per heavy atom. The molecule has 0 radical (unpaired) electrons. The van der Waals surface area contributed by atoms with E-state index in [1.165, 1.54) is 0 Å². The van der Waals surface area contributed by atoms with Crippen LogP contribution in [0.2, 0.25) is 10.0 Å². The van der Waals surface area contributed by atoms with E-state index in [1.807, 2.05) is 12.1 Å². The summed E-state index contributed by atoms with van der Waals surface area (Å²) in [6.45, 7) is -0.757. The first kappa shape index (κ1) is 21.8. The zero-order valence-electron chi connectivity index (χ0n) is 14.9. The Morgan fingerprint density at radius 3 is 2.46 bits per heavy atom. The van der Waals surface area contributed by atoms with Crippen molar-refractivity contribution in [2.75, 3.05) is 7.11 Å². The predicted octanol–water partition coefficient (Wildman–Crippen LogP) is 1.16. The maximum atomic E-state index is 12.1. The van der Waals surface area contributed by atoms with Crippen molar-refractivity contribution in [3.05, 3.63) is 78.1 Å². The lowest BCUT2D eigenvalue weighted by Crippen LogP contribution is -2.37. The first-order valence-corrected chi connectivity index (χ1v) is 8.86. The summed E-state index contributed by atoms with van der Waals surface area (Å²) in [4.78, 5) is 30.6. The second-order valence-electron chi connectivity index (χ2n) is 5.50. The maximum Gasteiger partial charge on any atom is 0.329 e. The van der Waals surface area contributed by atoms with Crippen molar-refractivity contribution in [1.29, 1.82) is 0 Å². The molecule has 0 atom stereocenters. The summed E-state index contributed by atoms with van der Waals surface area (Å²) in [7, 11) is 1.00. The third-order valence-electron chi connectivity index (χ3n) is 3.71. The van der Waals surface area contributed by atoms with Crippen LogP contribution in [0.1, 0.15) is 23.0 Å². The first-order valence-electron chi connectivity index (χ1n) is 8.11. The van der Waals surface area contributed by atoms with E-state index in [9.17, 15) is 9.59 Å². The average Bonchev–Trinajstić information content (AvgIpc) is 3.16. The Hall–Kier alpha value is -2.46. The van der Waals surface area contributed by atoms with Gasteiger partial charge in [0.25, 0.3) is 5.56 Å². The molecule has 2 heterocycles. The number of aliphatic hydroxyl groups is 2. The van der Waals surface area contributed by atoms with Gasteiger partial charge in [-0.1, -0.05) is 40.5 Å². The van der Waals surface area contributed by atoms with E-state index in [4.69, 9.17) is 37.9 Å². The molecule has 0 saturated heterocycles. The Kier molecular flexibility index (Phi) is 7.94. The smallest absolute Gasteiger partial charge is 0.329 e. The first-order chi connectivity index (χ1) is 13.5. The molecule has 3 rings (SSSR count). The highest BCUT2D eigenvalue weighted by Gasteiger charge is 2.15. The number of aryl methyl sites for hydroxylation is 2. The van der Waals surface area contributed by atoms with Crippen molar-refractivity contribution >= 4 is 23.2 Å². The molecule has 3 aromatic rings. The van der Waals surface area contributed by atoms with Gasteiger partial charge in [0.2, 0.25) is 5.89 Å². The lowest BCUT2D eigenvalue weighted by molar-refractivity contribution is 0.275. The van der Waals surface area contributed by atoms with Gasteiger partial charge in [0.1, 0.15) is 11.6 Å². The minimum Gasteiger partial charge on any atom is -0.400 e. The molecule has 1 aromatic carbocycles. The summed E-state index contributed by atoms with van der Waals surface area (Å²) < 4.78 is 5.93. The number of nitrogens with zero attached hydrogens (tertiary/aromatic N) is 3. The monoisotopic (exact) mass is 428 g/mol. The molecule has 0 spiro atoms. The van der Waals surface area contributed by atoms with Gasteiger partial charge in [-0.05, 0) is 24.1 Å². The third-order valence-corrected chi connectivity index (χ3v) is 4.35. The van der Waals surface area contributed by atoms with Crippen LogP contribution in [0.3, 0.4) is 0 Å². The molecule has 3 N–H and O–H groups in total. The summed E-state index contributed by atoms with van der Waals surface area (Å²) in [5, 5.41) is 20.3. The van der Waals surface area contributed by atoms with Gasteiger partial charge in [-0.3, -0.25) is 4.79 Å². The van der Waals surface area contributed by atoms with Crippen molar-refractivity contribution in [2.45, 2.75) is 26.0 Å². The van der Waals surface area contributed by atoms with Crippen LogP contribution in [0.4, 0.5) is 0 Å². The van der Waals surface area contributed by atoms with Gasteiger partial charge in [0.15, 0.2) is 5.82 Å². The molecule has 150 valence electrons. The quantitative estimate of drug-likeness (QED) is 0.535. The minimum atomic E-state index is -0.736. The fourth-order valence-corrected chi connectivity index (χ4v) is 2.68. The highest BCUT2D eigenvalue weighted by molar-refractivity contribution is 6.31. The molecule has 0 aliphatic heterocycles. The van der Waals surface area contributed by atoms with E-state index in [-0.39, 0.29) is 23.2 Å². The largest absolute Gasteiger partial charge is 0.400 e. The third kappa shape index (κ3) is 5.29. The second kappa shape index (κ2) is 10.2. The SMILES string of the molecule is CO.O=c1[nH]c(CO)c(Cl)c(=O)n1Cc1nc(CCc2ccc(Cl)cc2)no1. The van der Waals surface area contributed by atoms with Crippen LogP contribution >= 0.6 is 23.2 Å². The topological polar surface area (TPSA) is 134 Å². The fourth-order valence-electron chi connectivity index (χ4n) is 2.34. The van der Waals surface area contributed by atoms with Crippen molar-refractivity contribution in [2.24, 2.45) is 0 Å². The lowest BCUT2D eigenvalue weighted by atomic mass is 10.1. The van der Waals surface area contributed by atoms with Crippen LogP contribution in [-0.2, 0) is 26.0 Å². The maximum absolute atomic E-state index is 12.1. The Labute approximate surface area is 169 Å². The Bertz CT molecular complexity index is 1030. The van der Waals surface area contributed by atoms with E-state index in [0.29, 0.717) is 23.7 Å². The second-order valence-corrected chi connectivity index (χ2v) is 6.32. The molecule has 0 aliphatic carbocycles. The number of benzene rings is 1. The Morgan fingerprint density at radius 1 is 1.14 bits per heavy atom. The van der Waals surface area contributed by atoms with Crippen LogP contribution < -0.4 is 11.2 Å². The standard InChI is InChI=1S/C16H14Cl2N4O4.CH4O/c17-10-4-1-9(2-5-10)3-6-12-20-13(26-21-12)7-22-15(24)14(18)11(8-23)19-16(22)25;1-2/h1-2,4-5,23H,3,6-8H2,(H,19,25);2H,1H3. The lowest BCUT2D eigenvalue weighted by Gasteiger charge is -2.04. The number of halogens is 2. The van der Waals surface area contributed by atoms with Gasteiger partial charge >= 0.3 is 5.69 Å². The van der Waals surface area contributed by atoms with Crippen LogP contribution in [0, 0.1) is 0 Å². The van der Waals surface area contributed by atoms with Crippen molar-refractivity contribution in [3.8, 4) is 0 Å². The number of H-pyrrole nitrogens is 1. The van der Waals surface area contributed by atoms with E-state index in [2.05, 4.69) is 15.1 Å². The van der Waals surface area contributed by atoms with Gasteiger partial charge in [0.05, 0.1) is 12.3 Å². The van der Waals surface area contributed by atoms with Crippen molar-refractivity contribution < 1.29 is 14.7 Å². The molecular weight excluding hydrogens is 411 g/mol. The number of nitrogens with one attached hydrogen (secondary N) is 1. The van der Waals surface area contributed by atoms with E-state index < -0.39 is 17.9 Å². The molecule has 28 heavy (non-hydrogen) atoms. The number of aromatic amines is 1. The van der Waals surface area contributed by atoms with Crippen molar-refractivity contribution in [3.63, 3.8) is 0 Å². The highest BCUT2D eigenvalue weighted by atomic mass is 35.5. The zero-order chi connectivity index (χ0) is 20.7. The molecule has 0 bridgehead atoms. The highest BCUT2D eigenvalue weighted by Crippen LogP contribution is 2.11. The van der Waals surface area contributed by atoms with E-state index in [1.54, 1.807) is 12.1 Å². The predicted molar refractivity (Wildman–Crippen MR) is 103 cm³/mol. The zero-order valence-corrected chi connectivity index (χ0v) is 16.4. The molecule has 9 nitrogen and oxygen atoms in total. The van der Waals surface area contributed by atoms with Gasteiger partial charge in [-0.2, -0.15) is 4.98 Å². The average molecular weight is 429 g/mol.